The fourth-order valence-corrected chi connectivity index (χ4v) is 5.87. The van der Waals surface area contributed by atoms with Crippen LogP contribution in [-0.4, -0.2) is 52.6 Å². The summed E-state index contributed by atoms with van der Waals surface area (Å²) in [6, 6.07) is 4.76. The van der Waals surface area contributed by atoms with Crippen molar-refractivity contribution in [3.8, 4) is 16.2 Å². The Morgan fingerprint density at radius 3 is 2.50 bits per heavy atom. The van der Waals surface area contributed by atoms with Gasteiger partial charge in [0.25, 0.3) is 5.91 Å². The van der Waals surface area contributed by atoms with Crippen LogP contribution in [-0.2, 0) is 20.9 Å². The summed E-state index contributed by atoms with van der Waals surface area (Å²) in [4.78, 5) is 44.7. The smallest absolute Gasteiger partial charge is 0.258 e. The highest BCUT2D eigenvalue weighted by Gasteiger charge is 2.53. The number of benzene rings is 1. The summed E-state index contributed by atoms with van der Waals surface area (Å²) in [6.45, 7) is 7.49. The lowest BCUT2D eigenvalue weighted by Crippen LogP contribution is -2.54. The lowest BCUT2D eigenvalue weighted by Gasteiger charge is -2.33. The number of amides is 2. The van der Waals surface area contributed by atoms with Gasteiger partial charge in [0.05, 0.1) is 41.3 Å². The molecule has 1 aromatic carbocycles. The number of ether oxygens (including phenoxy) is 1. The molecule has 2 saturated carbocycles. The highest BCUT2D eigenvalue weighted by atomic mass is 32.1. The van der Waals surface area contributed by atoms with Gasteiger partial charge in [-0.1, -0.05) is 32.9 Å². The minimum Gasteiger partial charge on any atom is -0.496 e. The molecule has 38 heavy (non-hydrogen) atoms. The molecule has 1 heterocycles. The number of nitrogens with one attached hydrogen (secondary N) is 2. The molecule has 2 aliphatic rings. The van der Waals surface area contributed by atoms with Crippen LogP contribution in [0.1, 0.15) is 57.7 Å². The molecule has 4 atom stereocenters. The predicted octanol–water partition coefficient (Wildman–Crippen LogP) is 3.73. The molecular formula is C28H36FN3O5S. The first-order valence-electron chi connectivity index (χ1n) is 12.9. The molecule has 0 bridgehead atoms. The molecule has 1 unspecified atom stereocenters. The van der Waals surface area contributed by atoms with E-state index in [2.05, 4.69) is 15.6 Å². The van der Waals surface area contributed by atoms with Crippen molar-refractivity contribution in [2.45, 2.75) is 77.7 Å². The van der Waals surface area contributed by atoms with E-state index < -0.39 is 41.0 Å². The molecule has 0 spiro atoms. The molecule has 4 rings (SSSR count). The summed E-state index contributed by atoms with van der Waals surface area (Å²) in [5.41, 5.74) is 1.85. The third kappa shape index (κ3) is 5.91. The highest BCUT2D eigenvalue weighted by molar-refractivity contribution is 7.13. The Morgan fingerprint density at radius 2 is 1.92 bits per heavy atom. The van der Waals surface area contributed by atoms with E-state index in [9.17, 15) is 23.9 Å². The van der Waals surface area contributed by atoms with Crippen LogP contribution in [0.5, 0.6) is 5.75 Å². The first-order valence-corrected chi connectivity index (χ1v) is 13.8. The van der Waals surface area contributed by atoms with Crippen LogP contribution in [0.25, 0.3) is 10.4 Å². The molecule has 206 valence electrons. The van der Waals surface area contributed by atoms with Gasteiger partial charge >= 0.3 is 0 Å². The van der Waals surface area contributed by atoms with Crippen molar-refractivity contribution in [1.82, 2.24) is 15.6 Å². The number of thiazole rings is 1. The van der Waals surface area contributed by atoms with Gasteiger partial charge in [-0.15, -0.1) is 11.3 Å². The molecule has 2 fully saturated rings. The number of aromatic nitrogens is 1. The Hall–Kier alpha value is -2.85. The highest BCUT2D eigenvalue weighted by Crippen LogP contribution is 2.41. The molecule has 0 aliphatic heterocycles. The Kier molecular flexibility index (Phi) is 7.95. The van der Waals surface area contributed by atoms with E-state index in [0.717, 1.165) is 21.7 Å². The van der Waals surface area contributed by atoms with E-state index >= 15 is 0 Å². The van der Waals surface area contributed by atoms with E-state index in [1.807, 2.05) is 25.1 Å². The molecule has 0 radical (unpaired) electrons. The van der Waals surface area contributed by atoms with Gasteiger partial charge in [-0.25, -0.2) is 9.37 Å². The Labute approximate surface area is 226 Å². The van der Waals surface area contributed by atoms with Crippen molar-refractivity contribution in [2.24, 2.45) is 17.3 Å². The zero-order valence-electron chi connectivity index (χ0n) is 22.5. The summed E-state index contributed by atoms with van der Waals surface area (Å²) in [5.74, 6) is -2.42. The number of alkyl halides is 1. The van der Waals surface area contributed by atoms with Crippen molar-refractivity contribution in [1.29, 1.82) is 0 Å². The Morgan fingerprint density at radius 1 is 1.24 bits per heavy atom. The number of carbonyl (C=O) groups is 3. The SMILES string of the molecule is COc1cc(-c2scnc2C)ccc1CNC(=O)[C@@H]1C[C@@H](O)CC1C(=O)[C@@H](NC(=O)C1(F)CC1)C(C)(C)C. The number of aryl methyl sites for hydroxylation is 1. The quantitative estimate of drug-likeness (QED) is 0.442. The third-order valence-corrected chi connectivity index (χ3v) is 8.49. The summed E-state index contributed by atoms with van der Waals surface area (Å²) in [7, 11) is 1.57. The molecule has 3 N–H and O–H groups in total. The number of carbonyl (C=O) groups excluding carboxylic acids is 3. The topological polar surface area (TPSA) is 118 Å². The maximum absolute atomic E-state index is 14.4. The molecular weight excluding hydrogens is 509 g/mol. The predicted molar refractivity (Wildman–Crippen MR) is 142 cm³/mol. The van der Waals surface area contributed by atoms with Crippen molar-refractivity contribution in [2.75, 3.05) is 7.11 Å². The van der Waals surface area contributed by atoms with Crippen molar-refractivity contribution >= 4 is 28.9 Å². The zero-order valence-corrected chi connectivity index (χ0v) is 23.3. The number of methoxy groups -OCH3 is 1. The summed E-state index contributed by atoms with van der Waals surface area (Å²) < 4.78 is 19.9. The van der Waals surface area contributed by atoms with Crippen molar-refractivity contribution in [3.05, 3.63) is 35.0 Å². The molecule has 2 amide bonds. The van der Waals surface area contributed by atoms with Crippen LogP contribution in [0.3, 0.4) is 0 Å². The number of hydrogen-bond donors (Lipinski definition) is 3. The van der Waals surface area contributed by atoms with E-state index in [1.165, 1.54) is 11.3 Å². The number of hydrogen-bond acceptors (Lipinski definition) is 7. The summed E-state index contributed by atoms with van der Waals surface area (Å²) in [6.07, 6.45) is -0.271. The minimum atomic E-state index is -1.91. The number of ketones is 1. The molecule has 2 aromatic rings. The van der Waals surface area contributed by atoms with E-state index in [-0.39, 0.29) is 43.9 Å². The van der Waals surface area contributed by atoms with E-state index in [4.69, 9.17) is 4.74 Å². The second-order valence-electron chi connectivity index (χ2n) is 11.5. The zero-order chi connectivity index (χ0) is 27.8. The van der Waals surface area contributed by atoms with Crippen LogP contribution >= 0.6 is 11.3 Å². The van der Waals surface area contributed by atoms with Crippen LogP contribution < -0.4 is 15.4 Å². The van der Waals surface area contributed by atoms with Gasteiger partial charge in [0.2, 0.25) is 5.91 Å². The van der Waals surface area contributed by atoms with Gasteiger partial charge in [-0.2, -0.15) is 0 Å². The minimum absolute atomic E-state index is 0.117. The first-order chi connectivity index (χ1) is 17.8. The summed E-state index contributed by atoms with van der Waals surface area (Å²) >= 11 is 1.54. The lowest BCUT2D eigenvalue weighted by molar-refractivity contribution is -0.138. The third-order valence-electron chi connectivity index (χ3n) is 7.51. The number of Topliss-reactive ketones (excluding diaryl/α,β-unsaturated/α-hetero) is 1. The number of nitrogens with zero attached hydrogens (tertiary/aromatic N) is 1. The van der Waals surface area contributed by atoms with Gasteiger partial charge in [-0.05, 0) is 49.7 Å². The number of halogens is 1. The standard InChI is InChI=1S/C28H36FN3O5S/c1-15-23(38-14-31-15)16-6-7-17(21(10-16)37-5)13-30-25(35)20-12-18(33)11-19(20)22(34)24(27(2,3)4)32-26(36)28(29)8-9-28/h6-7,10,14,18-20,24,33H,8-9,11-13H2,1-5H3,(H,30,35)(H,32,36)/t18-,19?,20+,24+/m0/s1. The van der Waals surface area contributed by atoms with Crippen LogP contribution in [0, 0.1) is 24.2 Å². The number of aliphatic hydroxyl groups is 1. The number of aliphatic hydroxyl groups excluding tert-OH is 1. The second kappa shape index (κ2) is 10.7. The Bertz CT molecular complexity index is 1220. The average molecular weight is 546 g/mol. The monoisotopic (exact) mass is 545 g/mol. The molecule has 1 aromatic heterocycles. The van der Waals surface area contributed by atoms with E-state index in [1.54, 1.807) is 33.4 Å². The van der Waals surface area contributed by atoms with Gasteiger partial charge in [0.15, 0.2) is 11.5 Å². The van der Waals surface area contributed by atoms with Gasteiger partial charge < -0.3 is 20.5 Å². The maximum atomic E-state index is 14.4. The fraction of sp³-hybridized carbons (Fsp3) is 0.571. The van der Waals surface area contributed by atoms with Gasteiger partial charge in [0, 0.05) is 18.0 Å². The normalized spacial score (nSPS) is 23.0. The molecule has 2 aliphatic carbocycles. The molecule has 10 heteroatoms. The van der Waals surface area contributed by atoms with Crippen LogP contribution in [0.2, 0.25) is 0 Å². The Balaban J connectivity index is 1.47. The van der Waals surface area contributed by atoms with Gasteiger partial charge in [0.1, 0.15) is 5.75 Å². The first kappa shape index (κ1) is 28.2. The molecule has 8 nitrogen and oxygen atoms in total. The second-order valence-corrected chi connectivity index (χ2v) is 12.3. The van der Waals surface area contributed by atoms with Crippen molar-refractivity contribution < 1.29 is 28.6 Å². The maximum Gasteiger partial charge on any atom is 0.258 e. The average Bonchev–Trinajstić information content (AvgIpc) is 3.28. The summed E-state index contributed by atoms with van der Waals surface area (Å²) in [5, 5.41) is 15.9. The lowest BCUT2D eigenvalue weighted by atomic mass is 9.77. The van der Waals surface area contributed by atoms with Crippen molar-refractivity contribution in [3.63, 3.8) is 0 Å². The fourth-order valence-electron chi connectivity index (χ4n) is 5.07. The largest absolute Gasteiger partial charge is 0.496 e. The molecule has 0 saturated heterocycles. The van der Waals surface area contributed by atoms with Crippen LogP contribution in [0.4, 0.5) is 4.39 Å². The van der Waals surface area contributed by atoms with Gasteiger partial charge in [-0.3, -0.25) is 14.4 Å². The van der Waals surface area contributed by atoms with E-state index in [0.29, 0.717) is 5.75 Å². The van der Waals surface area contributed by atoms with Crippen LogP contribution in [0.15, 0.2) is 23.7 Å². The number of rotatable bonds is 9.